The average molecular weight is 298 g/mol. The van der Waals surface area contributed by atoms with Gasteiger partial charge in [-0.05, 0) is 50.2 Å². The monoisotopic (exact) mass is 298 g/mol. The van der Waals surface area contributed by atoms with Crippen molar-refractivity contribution >= 4 is 10.8 Å². The predicted molar refractivity (Wildman–Crippen MR) is 92.5 cm³/mol. The van der Waals surface area contributed by atoms with Crippen molar-refractivity contribution in [2.45, 2.75) is 32.9 Å². The molecule has 0 aromatic heterocycles. The molecule has 22 heavy (non-hydrogen) atoms. The summed E-state index contributed by atoms with van der Waals surface area (Å²) in [5.74, 6) is 1.03. The average Bonchev–Trinajstić information content (AvgIpc) is 2.78. The summed E-state index contributed by atoms with van der Waals surface area (Å²) >= 11 is 0. The molecule has 2 aromatic carbocycles. The number of hydrogen-bond donors (Lipinski definition) is 1. The summed E-state index contributed by atoms with van der Waals surface area (Å²) in [6.45, 7) is 9.60. The molecule has 2 aromatic rings. The van der Waals surface area contributed by atoms with E-state index in [0.29, 0.717) is 0 Å². The van der Waals surface area contributed by atoms with E-state index in [4.69, 9.17) is 4.74 Å². The first-order chi connectivity index (χ1) is 10.7. The van der Waals surface area contributed by atoms with Crippen molar-refractivity contribution in [2.24, 2.45) is 0 Å². The number of ether oxygens (including phenoxy) is 1. The summed E-state index contributed by atoms with van der Waals surface area (Å²) < 4.78 is 6.08. The smallest absolute Gasteiger partial charge is 0.124 e. The Morgan fingerprint density at radius 1 is 1.09 bits per heavy atom. The topological polar surface area (TPSA) is 24.5 Å². The van der Waals surface area contributed by atoms with Crippen LogP contribution in [0.3, 0.4) is 0 Å². The molecule has 0 saturated carbocycles. The Bertz CT molecular complexity index is 616. The number of nitrogens with one attached hydrogen (secondary N) is 1. The molecule has 0 spiro atoms. The Balaban J connectivity index is 1.95. The van der Waals surface area contributed by atoms with Gasteiger partial charge in [-0.15, -0.1) is 0 Å². The van der Waals surface area contributed by atoms with E-state index in [0.717, 1.165) is 38.5 Å². The van der Waals surface area contributed by atoms with Crippen molar-refractivity contribution in [2.75, 3.05) is 26.2 Å². The van der Waals surface area contributed by atoms with Crippen LogP contribution >= 0.6 is 0 Å². The number of hydrogen-bond acceptors (Lipinski definition) is 3. The van der Waals surface area contributed by atoms with Crippen LogP contribution in [0.25, 0.3) is 10.8 Å². The quantitative estimate of drug-likeness (QED) is 0.936. The fourth-order valence-electron chi connectivity index (χ4n) is 3.13. The number of benzene rings is 2. The molecule has 3 heteroatoms. The van der Waals surface area contributed by atoms with Crippen molar-refractivity contribution in [1.82, 2.24) is 10.2 Å². The van der Waals surface area contributed by atoms with Crippen LogP contribution in [0.4, 0.5) is 0 Å². The number of fused-ring (bicyclic) bond motifs is 1. The third kappa shape index (κ3) is 3.60. The van der Waals surface area contributed by atoms with E-state index in [9.17, 15) is 0 Å². The molecule has 0 radical (unpaired) electrons. The maximum atomic E-state index is 6.08. The lowest BCUT2D eigenvalue weighted by Gasteiger charge is -2.23. The van der Waals surface area contributed by atoms with Crippen molar-refractivity contribution < 1.29 is 4.74 Å². The highest BCUT2D eigenvalue weighted by atomic mass is 16.5. The standard InChI is InChI=1S/C19H26N2O/c1-15(2)22-19-9-8-16-6-3-4-7-17(16)18(19)14-21-12-5-10-20-11-13-21/h3-4,6-9,15,20H,5,10-14H2,1-2H3. The fraction of sp³-hybridized carbons (Fsp3) is 0.474. The van der Waals surface area contributed by atoms with Gasteiger partial charge in [-0.1, -0.05) is 30.3 Å². The van der Waals surface area contributed by atoms with Gasteiger partial charge in [0.15, 0.2) is 0 Å². The highest BCUT2D eigenvalue weighted by Gasteiger charge is 2.15. The first kappa shape index (κ1) is 15.3. The van der Waals surface area contributed by atoms with E-state index in [-0.39, 0.29) is 6.10 Å². The molecule has 0 aliphatic carbocycles. The van der Waals surface area contributed by atoms with E-state index >= 15 is 0 Å². The van der Waals surface area contributed by atoms with Crippen LogP contribution in [-0.4, -0.2) is 37.2 Å². The molecule has 1 fully saturated rings. The minimum atomic E-state index is 0.200. The van der Waals surface area contributed by atoms with Gasteiger partial charge in [0.1, 0.15) is 5.75 Å². The summed E-state index contributed by atoms with van der Waals surface area (Å²) in [6.07, 6.45) is 1.41. The molecule has 1 aliphatic rings. The molecule has 1 heterocycles. The summed E-state index contributed by atoms with van der Waals surface area (Å²) in [4.78, 5) is 2.54. The molecule has 0 amide bonds. The van der Waals surface area contributed by atoms with Crippen LogP contribution in [0.15, 0.2) is 36.4 Å². The molecule has 3 nitrogen and oxygen atoms in total. The maximum absolute atomic E-state index is 6.08. The molecule has 118 valence electrons. The highest BCUT2D eigenvalue weighted by molar-refractivity contribution is 5.87. The van der Waals surface area contributed by atoms with Gasteiger partial charge < -0.3 is 10.1 Å². The van der Waals surface area contributed by atoms with Crippen LogP contribution in [0.5, 0.6) is 5.75 Å². The molecule has 3 rings (SSSR count). The van der Waals surface area contributed by atoms with Crippen LogP contribution in [-0.2, 0) is 6.54 Å². The van der Waals surface area contributed by atoms with Crippen molar-refractivity contribution in [3.8, 4) is 5.75 Å². The van der Waals surface area contributed by atoms with E-state index in [1.165, 1.54) is 22.8 Å². The number of rotatable bonds is 4. The van der Waals surface area contributed by atoms with Gasteiger partial charge in [0.2, 0.25) is 0 Å². The Morgan fingerprint density at radius 3 is 2.82 bits per heavy atom. The minimum Gasteiger partial charge on any atom is -0.491 e. The van der Waals surface area contributed by atoms with Gasteiger partial charge in [-0.2, -0.15) is 0 Å². The van der Waals surface area contributed by atoms with E-state index in [1.54, 1.807) is 0 Å². The summed E-state index contributed by atoms with van der Waals surface area (Å²) in [7, 11) is 0. The molecular formula is C19H26N2O. The molecule has 0 bridgehead atoms. The van der Waals surface area contributed by atoms with Crippen molar-refractivity contribution in [3.05, 3.63) is 42.0 Å². The lowest BCUT2D eigenvalue weighted by atomic mass is 10.0. The van der Waals surface area contributed by atoms with Crippen LogP contribution in [0.2, 0.25) is 0 Å². The van der Waals surface area contributed by atoms with Crippen LogP contribution in [0.1, 0.15) is 25.8 Å². The number of nitrogens with zero attached hydrogens (tertiary/aromatic N) is 1. The Labute approximate surface area is 133 Å². The van der Waals surface area contributed by atoms with Crippen LogP contribution < -0.4 is 10.1 Å². The lowest BCUT2D eigenvalue weighted by molar-refractivity contribution is 0.230. The van der Waals surface area contributed by atoms with E-state index < -0.39 is 0 Å². The first-order valence-corrected chi connectivity index (χ1v) is 8.34. The van der Waals surface area contributed by atoms with E-state index in [2.05, 4.69) is 60.5 Å². The molecular weight excluding hydrogens is 272 g/mol. The van der Waals surface area contributed by atoms with Gasteiger partial charge in [0.25, 0.3) is 0 Å². The minimum absolute atomic E-state index is 0.200. The highest BCUT2D eigenvalue weighted by Crippen LogP contribution is 2.30. The third-order valence-corrected chi connectivity index (χ3v) is 4.17. The summed E-state index contributed by atoms with van der Waals surface area (Å²) in [5.41, 5.74) is 1.33. The third-order valence-electron chi connectivity index (χ3n) is 4.17. The largest absolute Gasteiger partial charge is 0.491 e. The summed E-state index contributed by atoms with van der Waals surface area (Å²) in [5, 5.41) is 6.08. The van der Waals surface area contributed by atoms with Gasteiger partial charge in [-0.3, -0.25) is 4.90 Å². The van der Waals surface area contributed by atoms with E-state index in [1.807, 2.05) is 0 Å². The maximum Gasteiger partial charge on any atom is 0.124 e. The van der Waals surface area contributed by atoms with Gasteiger partial charge >= 0.3 is 0 Å². The zero-order chi connectivity index (χ0) is 15.4. The second kappa shape index (κ2) is 7.12. The molecule has 0 atom stereocenters. The normalized spacial score (nSPS) is 16.9. The second-order valence-electron chi connectivity index (χ2n) is 6.31. The molecule has 1 N–H and O–H groups in total. The first-order valence-electron chi connectivity index (χ1n) is 8.34. The summed E-state index contributed by atoms with van der Waals surface area (Å²) in [6, 6.07) is 12.9. The SMILES string of the molecule is CC(C)Oc1ccc2ccccc2c1CN1CCCNCC1. The van der Waals surface area contributed by atoms with Gasteiger partial charge in [0.05, 0.1) is 6.10 Å². The fourth-order valence-corrected chi connectivity index (χ4v) is 3.13. The second-order valence-corrected chi connectivity index (χ2v) is 6.31. The Morgan fingerprint density at radius 2 is 1.95 bits per heavy atom. The molecule has 1 aliphatic heterocycles. The zero-order valence-corrected chi connectivity index (χ0v) is 13.6. The zero-order valence-electron chi connectivity index (χ0n) is 13.6. The predicted octanol–water partition coefficient (Wildman–Crippen LogP) is 3.42. The molecule has 1 saturated heterocycles. The van der Waals surface area contributed by atoms with Crippen molar-refractivity contribution in [3.63, 3.8) is 0 Å². The Kier molecular flexibility index (Phi) is 4.96. The Hall–Kier alpha value is -1.58. The van der Waals surface area contributed by atoms with Crippen molar-refractivity contribution in [1.29, 1.82) is 0 Å². The lowest BCUT2D eigenvalue weighted by Crippen LogP contribution is -2.28. The van der Waals surface area contributed by atoms with Crippen LogP contribution in [0, 0.1) is 0 Å². The van der Waals surface area contributed by atoms with Gasteiger partial charge in [0, 0.05) is 25.2 Å². The molecule has 0 unspecified atom stereocenters. The van der Waals surface area contributed by atoms with Gasteiger partial charge in [-0.25, -0.2) is 0 Å².